The van der Waals surface area contributed by atoms with E-state index in [0.29, 0.717) is 13.2 Å². The summed E-state index contributed by atoms with van der Waals surface area (Å²) in [6.45, 7) is 4.81. The van der Waals surface area contributed by atoms with Gasteiger partial charge in [0.2, 0.25) is 5.91 Å². The van der Waals surface area contributed by atoms with E-state index in [9.17, 15) is 4.79 Å². The highest BCUT2D eigenvalue weighted by atomic mass is 16.5. The quantitative estimate of drug-likeness (QED) is 0.722. The molecule has 0 spiro atoms. The zero-order valence-corrected chi connectivity index (χ0v) is 9.36. The highest BCUT2D eigenvalue weighted by Crippen LogP contribution is 2.05. The molecule has 0 aliphatic rings. The summed E-state index contributed by atoms with van der Waals surface area (Å²) < 4.78 is 6.49. The average Bonchev–Trinajstić information content (AvgIpc) is 2.64. The Hall–Kier alpha value is -1.36. The smallest absolute Gasteiger partial charge is 0.244 e. The van der Waals surface area contributed by atoms with E-state index in [2.05, 4.69) is 10.4 Å². The largest absolute Gasteiger partial charge is 0.383 e. The number of ether oxygens (including phenoxy) is 1. The predicted molar refractivity (Wildman–Crippen MR) is 56.6 cm³/mol. The minimum Gasteiger partial charge on any atom is -0.383 e. The number of amides is 1. The van der Waals surface area contributed by atoms with Gasteiger partial charge in [-0.3, -0.25) is 9.48 Å². The first-order valence-electron chi connectivity index (χ1n) is 4.92. The maximum atomic E-state index is 11.6. The van der Waals surface area contributed by atoms with E-state index >= 15 is 0 Å². The van der Waals surface area contributed by atoms with Crippen LogP contribution >= 0.6 is 0 Å². The summed E-state index contributed by atoms with van der Waals surface area (Å²) in [6.07, 6.45) is 3.58. The number of methoxy groups -OCH3 is 1. The van der Waals surface area contributed by atoms with Crippen LogP contribution in [0.15, 0.2) is 12.4 Å². The lowest BCUT2D eigenvalue weighted by molar-refractivity contribution is -0.124. The number of nitrogens with one attached hydrogen (secondary N) is 1. The molecule has 1 rings (SSSR count). The summed E-state index contributed by atoms with van der Waals surface area (Å²) >= 11 is 0. The molecule has 1 unspecified atom stereocenters. The highest BCUT2D eigenvalue weighted by molar-refractivity contribution is 5.79. The molecule has 15 heavy (non-hydrogen) atoms. The first kappa shape index (κ1) is 11.7. The number of nitrogens with zero attached hydrogens (tertiary/aromatic N) is 2. The molecule has 0 bridgehead atoms. The van der Waals surface area contributed by atoms with Crippen molar-refractivity contribution in [3.63, 3.8) is 0 Å². The van der Waals surface area contributed by atoms with Crippen LogP contribution < -0.4 is 5.32 Å². The zero-order valence-electron chi connectivity index (χ0n) is 9.36. The van der Waals surface area contributed by atoms with E-state index < -0.39 is 0 Å². The molecule has 0 saturated heterocycles. The van der Waals surface area contributed by atoms with Crippen molar-refractivity contribution in [2.45, 2.75) is 19.9 Å². The molecule has 5 heteroatoms. The maximum absolute atomic E-state index is 11.6. The zero-order chi connectivity index (χ0) is 11.3. The van der Waals surface area contributed by atoms with Crippen molar-refractivity contribution < 1.29 is 9.53 Å². The second-order valence-corrected chi connectivity index (χ2v) is 3.46. The lowest BCUT2D eigenvalue weighted by Gasteiger charge is -2.12. The molecule has 5 nitrogen and oxygen atoms in total. The second kappa shape index (κ2) is 5.50. The molecule has 0 aliphatic carbocycles. The van der Waals surface area contributed by atoms with E-state index in [0.717, 1.165) is 5.56 Å². The van der Waals surface area contributed by atoms with Crippen molar-refractivity contribution in [1.29, 1.82) is 0 Å². The molecule has 0 aliphatic heterocycles. The van der Waals surface area contributed by atoms with Gasteiger partial charge in [0.25, 0.3) is 0 Å². The Morgan fingerprint density at radius 1 is 1.73 bits per heavy atom. The summed E-state index contributed by atoms with van der Waals surface area (Å²) in [7, 11) is 1.60. The third-order valence-electron chi connectivity index (χ3n) is 2.11. The highest BCUT2D eigenvalue weighted by Gasteiger charge is 2.14. The average molecular weight is 211 g/mol. The fraction of sp³-hybridized carbons (Fsp3) is 0.600. The van der Waals surface area contributed by atoms with Crippen molar-refractivity contribution >= 4 is 5.91 Å². The lowest BCUT2D eigenvalue weighted by Crippen LogP contribution is -2.33. The van der Waals surface area contributed by atoms with Crippen LogP contribution in [0.2, 0.25) is 0 Å². The van der Waals surface area contributed by atoms with Crippen molar-refractivity contribution in [3.05, 3.63) is 18.0 Å². The van der Waals surface area contributed by atoms with Gasteiger partial charge in [0.1, 0.15) is 6.04 Å². The third-order valence-corrected chi connectivity index (χ3v) is 2.11. The molecular weight excluding hydrogens is 194 g/mol. The third kappa shape index (κ3) is 3.36. The van der Waals surface area contributed by atoms with E-state index in [1.165, 1.54) is 0 Å². The molecule has 84 valence electrons. The second-order valence-electron chi connectivity index (χ2n) is 3.46. The fourth-order valence-corrected chi connectivity index (χ4v) is 1.19. The van der Waals surface area contributed by atoms with E-state index in [-0.39, 0.29) is 11.9 Å². The van der Waals surface area contributed by atoms with Crippen LogP contribution in [0.3, 0.4) is 0 Å². The number of aryl methyl sites for hydroxylation is 1. The van der Waals surface area contributed by atoms with Gasteiger partial charge in [-0.15, -0.1) is 0 Å². The van der Waals surface area contributed by atoms with E-state index in [4.69, 9.17) is 4.74 Å². The number of rotatable bonds is 5. The summed E-state index contributed by atoms with van der Waals surface area (Å²) in [4.78, 5) is 11.6. The SMILES string of the molecule is COCCNC(=O)C(C)n1cc(C)cn1. The van der Waals surface area contributed by atoms with Crippen LogP contribution in [0.5, 0.6) is 0 Å². The van der Waals surface area contributed by atoms with Gasteiger partial charge in [-0.05, 0) is 19.4 Å². The van der Waals surface area contributed by atoms with Gasteiger partial charge in [-0.1, -0.05) is 0 Å². The van der Waals surface area contributed by atoms with Gasteiger partial charge < -0.3 is 10.1 Å². The van der Waals surface area contributed by atoms with Crippen molar-refractivity contribution in [1.82, 2.24) is 15.1 Å². The molecule has 1 N–H and O–H groups in total. The van der Waals surface area contributed by atoms with Crippen molar-refractivity contribution in [2.24, 2.45) is 0 Å². The predicted octanol–water partition coefficient (Wildman–Crippen LogP) is 0.515. The molecular formula is C10H17N3O2. The number of hydrogen-bond acceptors (Lipinski definition) is 3. The lowest BCUT2D eigenvalue weighted by atomic mass is 10.3. The van der Waals surface area contributed by atoms with Gasteiger partial charge in [0.05, 0.1) is 12.8 Å². The molecule has 0 aromatic carbocycles. The normalized spacial score (nSPS) is 12.5. The Balaban J connectivity index is 2.46. The first-order valence-corrected chi connectivity index (χ1v) is 4.92. The molecule has 0 radical (unpaired) electrons. The molecule has 1 amide bonds. The van der Waals surface area contributed by atoms with E-state index in [1.807, 2.05) is 20.0 Å². The minimum atomic E-state index is -0.282. The summed E-state index contributed by atoms with van der Waals surface area (Å²) in [5.74, 6) is -0.0462. The number of hydrogen-bond donors (Lipinski definition) is 1. The maximum Gasteiger partial charge on any atom is 0.244 e. The molecule has 1 aromatic rings. The fourth-order valence-electron chi connectivity index (χ4n) is 1.19. The van der Waals surface area contributed by atoms with E-state index in [1.54, 1.807) is 18.0 Å². The standard InChI is InChI=1S/C10H17N3O2/c1-8-6-12-13(7-8)9(2)10(14)11-4-5-15-3/h6-7,9H,4-5H2,1-3H3,(H,11,14). The summed E-state index contributed by atoms with van der Waals surface area (Å²) in [5.41, 5.74) is 1.05. The van der Waals surface area contributed by atoms with Gasteiger partial charge in [0, 0.05) is 19.9 Å². The van der Waals surface area contributed by atoms with Gasteiger partial charge in [-0.2, -0.15) is 5.10 Å². The van der Waals surface area contributed by atoms with Gasteiger partial charge in [0.15, 0.2) is 0 Å². The van der Waals surface area contributed by atoms with Crippen LogP contribution in [-0.4, -0.2) is 35.9 Å². The van der Waals surface area contributed by atoms with Crippen LogP contribution in [0.1, 0.15) is 18.5 Å². The summed E-state index contributed by atoms with van der Waals surface area (Å²) in [6, 6.07) is -0.282. The Kier molecular flexibility index (Phi) is 4.30. The molecule has 0 saturated carbocycles. The summed E-state index contributed by atoms with van der Waals surface area (Å²) in [5, 5.41) is 6.86. The Labute approximate surface area is 89.4 Å². The minimum absolute atomic E-state index is 0.0462. The number of carbonyl (C=O) groups excluding carboxylic acids is 1. The molecule has 1 atom stereocenters. The number of aromatic nitrogens is 2. The Morgan fingerprint density at radius 2 is 2.47 bits per heavy atom. The molecule has 1 aromatic heterocycles. The van der Waals surface area contributed by atoms with Gasteiger partial charge >= 0.3 is 0 Å². The Bertz CT molecular complexity index is 322. The topological polar surface area (TPSA) is 56.1 Å². The molecule has 0 fully saturated rings. The molecule has 1 heterocycles. The van der Waals surface area contributed by atoms with Crippen LogP contribution in [0.25, 0.3) is 0 Å². The van der Waals surface area contributed by atoms with Crippen LogP contribution in [0, 0.1) is 6.92 Å². The van der Waals surface area contributed by atoms with Gasteiger partial charge in [-0.25, -0.2) is 0 Å². The number of carbonyl (C=O) groups is 1. The monoisotopic (exact) mass is 211 g/mol. The van der Waals surface area contributed by atoms with Crippen molar-refractivity contribution in [3.8, 4) is 0 Å². The van der Waals surface area contributed by atoms with Crippen LogP contribution in [-0.2, 0) is 9.53 Å². The first-order chi connectivity index (χ1) is 7.15. The van der Waals surface area contributed by atoms with Crippen molar-refractivity contribution in [2.75, 3.05) is 20.3 Å². The Morgan fingerprint density at radius 3 is 3.00 bits per heavy atom. The van der Waals surface area contributed by atoms with Crippen LogP contribution in [0.4, 0.5) is 0 Å².